The van der Waals surface area contributed by atoms with Gasteiger partial charge in [-0.25, -0.2) is 15.0 Å². The van der Waals surface area contributed by atoms with Crippen molar-refractivity contribution in [3.63, 3.8) is 0 Å². The first-order valence-corrected chi connectivity index (χ1v) is 8.94. The molecule has 2 atom stereocenters. The average Bonchev–Trinajstić information content (AvgIpc) is 3.36. The van der Waals surface area contributed by atoms with Crippen LogP contribution in [0.1, 0.15) is 16.2 Å². The van der Waals surface area contributed by atoms with Crippen molar-refractivity contribution in [2.45, 2.75) is 6.92 Å². The summed E-state index contributed by atoms with van der Waals surface area (Å²) < 4.78 is 0. The van der Waals surface area contributed by atoms with Crippen molar-refractivity contribution in [2.75, 3.05) is 31.1 Å². The molecule has 132 valence electrons. The molecule has 7 nitrogen and oxygen atoms in total. The molecule has 7 heteroatoms. The lowest BCUT2D eigenvalue weighted by Gasteiger charge is -2.23. The molecule has 1 aromatic carbocycles. The van der Waals surface area contributed by atoms with Gasteiger partial charge in [-0.15, -0.1) is 0 Å². The van der Waals surface area contributed by atoms with E-state index in [1.165, 1.54) is 5.56 Å². The number of likely N-dealkylation sites (tertiary alicyclic amines) is 1. The van der Waals surface area contributed by atoms with Crippen LogP contribution in [0.3, 0.4) is 0 Å². The fourth-order valence-electron chi connectivity index (χ4n) is 4.27. The Hall–Kier alpha value is -2.96. The number of anilines is 1. The Morgan fingerprint density at radius 1 is 1.12 bits per heavy atom. The monoisotopic (exact) mass is 348 g/mol. The van der Waals surface area contributed by atoms with Crippen molar-refractivity contribution in [1.29, 1.82) is 0 Å². The molecule has 5 rings (SSSR count). The van der Waals surface area contributed by atoms with E-state index >= 15 is 0 Å². The third-order valence-corrected chi connectivity index (χ3v) is 5.54. The maximum absolute atomic E-state index is 12.5. The van der Waals surface area contributed by atoms with E-state index in [9.17, 15) is 4.79 Å². The normalized spacial score (nSPS) is 22.2. The molecule has 26 heavy (non-hydrogen) atoms. The SMILES string of the molecule is Cc1ccc2c(N3C[C@H]4CN(C(=O)c5ncc[nH]5)C[C@H]4C3)ncnc2c1. The first kappa shape index (κ1) is 15.3. The Balaban J connectivity index is 1.35. The lowest BCUT2D eigenvalue weighted by Crippen LogP contribution is -2.34. The fourth-order valence-corrected chi connectivity index (χ4v) is 4.27. The Kier molecular flexibility index (Phi) is 3.41. The van der Waals surface area contributed by atoms with E-state index in [1.807, 2.05) is 4.90 Å². The van der Waals surface area contributed by atoms with Crippen LogP contribution in [-0.2, 0) is 0 Å². The maximum atomic E-state index is 12.5. The molecule has 2 aliphatic heterocycles. The van der Waals surface area contributed by atoms with E-state index < -0.39 is 0 Å². The van der Waals surface area contributed by atoms with Gasteiger partial charge < -0.3 is 14.8 Å². The van der Waals surface area contributed by atoms with Crippen molar-refractivity contribution in [3.05, 3.63) is 48.3 Å². The zero-order valence-corrected chi connectivity index (χ0v) is 14.6. The number of aromatic amines is 1. The number of carbonyl (C=O) groups is 1. The number of hydrogen-bond acceptors (Lipinski definition) is 5. The summed E-state index contributed by atoms with van der Waals surface area (Å²) in [7, 11) is 0. The molecule has 0 radical (unpaired) electrons. The second-order valence-corrected chi connectivity index (χ2v) is 7.29. The number of amides is 1. The predicted octanol–water partition coefficient (Wildman–Crippen LogP) is 1.87. The summed E-state index contributed by atoms with van der Waals surface area (Å²) in [4.78, 5) is 32.7. The molecule has 0 unspecified atom stereocenters. The minimum atomic E-state index is -0.00101. The van der Waals surface area contributed by atoms with E-state index in [1.54, 1.807) is 18.7 Å². The van der Waals surface area contributed by atoms with Gasteiger partial charge in [-0.1, -0.05) is 6.07 Å². The summed E-state index contributed by atoms with van der Waals surface area (Å²) in [6.45, 7) is 5.48. The highest BCUT2D eigenvalue weighted by molar-refractivity contribution is 5.91. The molecule has 2 saturated heterocycles. The van der Waals surface area contributed by atoms with Gasteiger partial charge in [0.2, 0.25) is 0 Å². The quantitative estimate of drug-likeness (QED) is 0.765. The van der Waals surface area contributed by atoms with Crippen LogP contribution >= 0.6 is 0 Å². The van der Waals surface area contributed by atoms with Gasteiger partial charge in [-0.2, -0.15) is 0 Å². The van der Waals surface area contributed by atoms with E-state index in [2.05, 4.69) is 50.0 Å². The number of aromatic nitrogens is 4. The number of imidazole rings is 1. The third kappa shape index (κ3) is 2.42. The largest absolute Gasteiger partial charge is 0.355 e. The number of fused-ring (bicyclic) bond motifs is 2. The van der Waals surface area contributed by atoms with Crippen LogP contribution in [-0.4, -0.2) is 56.9 Å². The molecule has 4 heterocycles. The third-order valence-electron chi connectivity index (χ3n) is 5.54. The zero-order valence-electron chi connectivity index (χ0n) is 14.6. The standard InChI is InChI=1S/C19H20N6O/c1-12-2-3-15-16(6-12)22-11-23-18(15)24-7-13-9-25(10-14(13)8-24)19(26)17-20-4-5-21-17/h2-6,11,13-14H,7-10H2,1H3,(H,20,21)/t13-,14+. The minimum Gasteiger partial charge on any atom is -0.355 e. The molecule has 0 aliphatic carbocycles. The second kappa shape index (κ2) is 5.79. The van der Waals surface area contributed by atoms with Crippen LogP contribution in [0.25, 0.3) is 10.9 Å². The molecule has 0 saturated carbocycles. The highest BCUT2D eigenvalue weighted by Gasteiger charge is 2.42. The van der Waals surface area contributed by atoms with Gasteiger partial charge in [0, 0.05) is 55.8 Å². The highest BCUT2D eigenvalue weighted by atomic mass is 16.2. The summed E-state index contributed by atoms with van der Waals surface area (Å²) in [5.41, 5.74) is 2.19. The molecule has 0 bridgehead atoms. The summed E-state index contributed by atoms with van der Waals surface area (Å²) in [5.74, 6) is 2.39. The molecule has 1 N–H and O–H groups in total. The Bertz CT molecular complexity index is 955. The van der Waals surface area contributed by atoms with E-state index in [-0.39, 0.29) is 5.91 Å². The smallest absolute Gasteiger partial charge is 0.289 e. The van der Waals surface area contributed by atoms with Crippen molar-refractivity contribution < 1.29 is 4.79 Å². The number of aryl methyl sites for hydroxylation is 1. The van der Waals surface area contributed by atoms with E-state index in [0.29, 0.717) is 17.7 Å². The topological polar surface area (TPSA) is 78.0 Å². The van der Waals surface area contributed by atoms with Crippen LogP contribution in [0, 0.1) is 18.8 Å². The maximum Gasteiger partial charge on any atom is 0.289 e. The zero-order chi connectivity index (χ0) is 17.7. The van der Waals surface area contributed by atoms with Crippen LogP contribution in [0.2, 0.25) is 0 Å². The van der Waals surface area contributed by atoms with Gasteiger partial charge in [0.25, 0.3) is 5.91 Å². The van der Waals surface area contributed by atoms with Crippen molar-refractivity contribution in [1.82, 2.24) is 24.8 Å². The van der Waals surface area contributed by atoms with Crippen molar-refractivity contribution in [2.24, 2.45) is 11.8 Å². The summed E-state index contributed by atoms with van der Waals surface area (Å²) >= 11 is 0. The van der Waals surface area contributed by atoms with E-state index in [0.717, 1.165) is 42.9 Å². The van der Waals surface area contributed by atoms with Crippen molar-refractivity contribution in [3.8, 4) is 0 Å². The van der Waals surface area contributed by atoms with Crippen LogP contribution in [0.15, 0.2) is 36.9 Å². The summed E-state index contributed by atoms with van der Waals surface area (Å²) in [6.07, 6.45) is 4.96. The first-order chi connectivity index (χ1) is 12.7. The lowest BCUT2D eigenvalue weighted by atomic mass is 10.0. The van der Waals surface area contributed by atoms with E-state index in [4.69, 9.17) is 0 Å². The van der Waals surface area contributed by atoms with Gasteiger partial charge in [0.15, 0.2) is 5.82 Å². The van der Waals surface area contributed by atoms with Gasteiger partial charge >= 0.3 is 0 Å². The number of nitrogens with one attached hydrogen (secondary N) is 1. The molecule has 2 fully saturated rings. The molecular formula is C19H20N6O. The molecule has 0 spiro atoms. The number of rotatable bonds is 2. The summed E-state index contributed by atoms with van der Waals surface area (Å²) in [6, 6.07) is 6.32. The molecule has 2 aliphatic rings. The average molecular weight is 348 g/mol. The lowest BCUT2D eigenvalue weighted by molar-refractivity contribution is 0.0771. The van der Waals surface area contributed by atoms with Gasteiger partial charge in [0.05, 0.1) is 5.52 Å². The van der Waals surface area contributed by atoms with Crippen LogP contribution < -0.4 is 4.90 Å². The number of carbonyl (C=O) groups excluding carboxylic acids is 1. The summed E-state index contributed by atoms with van der Waals surface area (Å²) in [5, 5.41) is 1.10. The van der Waals surface area contributed by atoms with Crippen molar-refractivity contribution >= 4 is 22.6 Å². The van der Waals surface area contributed by atoms with Crippen LogP contribution in [0.5, 0.6) is 0 Å². The molecular weight excluding hydrogens is 328 g/mol. The number of H-pyrrole nitrogens is 1. The Morgan fingerprint density at radius 3 is 2.65 bits per heavy atom. The van der Waals surface area contributed by atoms with Gasteiger partial charge in [0.1, 0.15) is 12.1 Å². The number of hydrogen-bond donors (Lipinski definition) is 1. The molecule has 3 aromatic rings. The predicted molar refractivity (Wildman–Crippen MR) is 98.0 cm³/mol. The van der Waals surface area contributed by atoms with Crippen LogP contribution in [0.4, 0.5) is 5.82 Å². The minimum absolute atomic E-state index is 0.00101. The fraction of sp³-hybridized carbons (Fsp3) is 0.368. The molecule has 1 amide bonds. The van der Waals surface area contributed by atoms with Gasteiger partial charge in [-0.05, 0) is 24.6 Å². The Labute approximate surface area is 151 Å². The first-order valence-electron chi connectivity index (χ1n) is 8.94. The Morgan fingerprint density at radius 2 is 1.92 bits per heavy atom. The second-order valence-electron chi connectivity index (χ2n) is 7.29. The number of benzene rings is 1. The number of nitrogens with zero attached hydrogens (tertiary/aromatic N) is 5. The van der Waals surface area contributed by atoms with Gasteiger partial charge in [-0.3, -0.25) is 4.79 Å². The molecule has 2 aromatic heterocycles. The highest BCUT2D eigenvalue weighted by Crippen LogP contribution is 2.35.